The van der Waals surface area contributed by atoms with E-state index in [0.29, 0.717) is 5.69 Å². The van der Waals surface area contributed by atoms with Crippen LogP contribution in [0.4, 0.5) is 0 Å². The average Bonchev–Trinajstić information content (AvgIpc) is 2.32. The molecule has 11 heavy (non-hydrogen) atoms. The molecule has 0 bridgehead atoms. The summed E-state index contributed by atoms with van der Waals surface area (Å²) in [5.74, 6) is -0.994. The van der Waals surface area contributed by atoms with Crippen LogP contribution in [0.1, 0.15) is 35.9 Å². The Morgan fingerprint density at radius 1 is 1.73 bits per heavy atom. The molecule has 5 nitrogen and oxygen atoms in total. The van der Waals surface area contributed by atoms with Crippen LogP contribution in [0.3, 0.4) is 0 Å². The Morgan fingerprint density at radius 3 is 2.73 bits per heavy atom. The highest BCUT2D eigenvalue weighted by Gasteiger charge is 2.26. The molecule has 0 saturated carbocycles. The Labute approximate surface area is 63.0 Å². The van der Waals surface area contributed by atoms with E-state index in [0.717, 1.165) is 0 Å². The fraction of sp³-hybridized carbons (Fsp3) is 0.500. The maximum Gasteiger partial charge on any atom is 0.384 e. The smallest absolute Gasteiger partial charge is 0.384 e. The minimum atomic E-state index is -1.05. The fourth-order valence-corrected chi connectivity index (χ4v) is 0.763. The third-order valence-corrected chi connectivity index (χ3v) is 1.31. The van der Waals surface area contributed by atoms with E-state index in [9.17, 15) is 4.79 Å². The zero-order valence-corrected chi connectivity index (χ0v) is 6.29. The van der Waals surface area contributed by atoms with Crippen LogP contribution in [0.15, 0.2) is 4.63 Å². The number of nitrogens with zero attached hydrogens (tertiary/aromatic N) is 1. The first-order valence-corrected chi connectivity index (χ1v) is 3.23. The summed E-state index contributed by atoms with van der Waals surface area (Å²) in [5, 5.41) is 14.3. The Bertz CT molecular complexity index is 267. The SMILES string of the molecule is CC(C)c1no[nH+]c1C(=O)O. The first kappa shape index (κ1) is 7.71. The molecular weight excluding hydrogens is 148 g/mol. The van der Waals surface area contributed by atoms with Crippen LogP contribution in [-0.2, 0) is 0 Å². The van der Waals surface area contributed by atoms with Gasteiger partial charge in [0, 0.05) is 5.92 Å². The van der Waals surface area contributed by atoms with E-state index in [2.05, 4.69) is 14.9 Å². The highest BCUT2D eigenvalue weighted by Crippen LogP contribution is 2.12. The molecule has 1 rings (SSSR count). The third kappa shape index (κ3) is 1.36. The van der Waals surface area contributed by atoms with Crippen molar-refractivity contribution in [3.8, 4) is 0 Å². The molecule has 0 aromatic carbocycles. The second kappa shape index (κ2) is 2.69. The van der Waals surface area contributed by atoms with E-state index in [1.54, 1.807) is 0 Å². The van der Waals surface area contributed by atoms with Gasteiger partial charge in [0.25, 0.3) is 11.4 Å². The van der Waals surface area contributed by atoms with Gasteiger partial charge in [-0.05, 0) is 0 Å². The highest BCUT2D eigenvalue weighted by molar-refractivity contribution is 5.84. The van der Waals surface area contributed by atoms with Gasteiger partial charge in [-0.15, -0.1) is 0 Å². The molecule has 0 unspecified atom stereocenters. The van der Waals surface area contributed by atoms with Crippen LogP contribution in [0.2, 0.25) is 0 Å². The second-order valence-corrected chi connectivity index (χ2v) is 2.50. The maximum atomic E-state index is 10.5. The van der Waals surface area contributed by atoms with E-state index in [1.807, 2.05) is 13.8 Å². The minimum absolute atomic E-state index is 0.0278. The molecule has 0 aliphatic carbocycles. The van der Waals surface area contributed by atoms with E-state index in [1.165, 1.54) is 0 Å². The molecule has 0 atom stereocenters. The van der Waals surface area contributed by atoms with Gasteiger partial charge in [0.1, 0.15) is 0 Å². The Hall–Kier alpha value is -1.39. The lowest BCUT2D eigenvalue weighted by atomic mass is 10.1. The van der Waals surface area contributed by atoms with Crippen LogP contribution in [-0.4, -0.2) is 16.2 Å². The van der Waals surface area contributed by atoms with Crippen LogP contribution < -0.4 is 5.16 Å². The molecule has 1 aromatic heterocycles. The number of carbonyl (C=O) groups is 1. The summed E-state index contributed by atoms with van der Waals surface area (Å²) in [6, 6.07) is 0. The van der Waals surface area contributed by atoms with Gasteiger partial charge in [-0.3, -0.25) is 0 Å². The molecule has 0 saturated heterocycles. The fourth-order valence-electron chi connectivity index (χ4n) is 0.763. The monoisotopic (exact) mass is 157 g/mol. The van der Waals surface area contributed by atoms with Crippen LogP contribution in [0, 0.1) is 0 Å². The predicted octanol–water partition coefficient (Wildman–Crippen LogP) is 0.310. The van der Waals surface area contributed by atoms with Crippen molar-refractivity contribution in [1.82, 2.24) is 5.16 Å². The summed E-state index contributed by atoms with van der Waals surface area (Å²) < 4.78 is 4.41. The molecule has 0 spiro atoms. The van der Waals surface area contributed by atoms with Crippen molar-refractivity contribution < 1.29 is 19.7 Å². The van der Waals surface area contributed by atoms with Gasteiger partial charge >= 0.3 is 5.97 Å². The molecule has 0 aliphatic heterocycles. The Kier molecular flexibility index (Phi) is 1.89. The molecule has 2 N–H and O–H groups in total. The number of aromatic amines is 1. The second-order valence-electron chi connectivity index (χ2n) is 2.50. The van der Waals surface area contributed by atoms with Crippen molar-refractivity contribution in [1.29, 1.82) is 0 Å². The van der Waals surface area contributed by atoms with Gasteiger partial charge in [-0.1, -0.05) is 23.6 Å². The van der Waals surface area contributed by atoms with E-state index >= 15 is 0 Å². The van der Waals surface area contributed by atoms with Gasteiger partial charge in [-0.25, -0.2) is 4.79 Å². The van der Waals surface area contributed by atoms with Gasteiger partial charge in [-0.2, -0.15) is 0 Å². The Balaban J connectivity index is 3.06. The minimum Gasteiger partial charge on any atom is -0.475 e. The number of aromatic carboxylic acids is 1. The summed E-state index contributed by atoms with van der Waals surface area (Å²) in [6.45, 7) is 3.69. The number of H-pyrrole nitrogens is 1. The Morgan fingerprint density at radius 2 is 2.36 bits per heavy atom. The first-order valence-electron chi connectivity index (χ1n) is 3.23. The number of hydrogen-bond acceptors (Lipinski definition) is 3. The van der Waals surface area contributed by atoms with Crippen molar-refractivity contribution in [3.63, 3.8) is 0 Å². The molecule has 0 fully saturated rings. The first-order chi connectivity index (χ1) is 5.13. The molecule has 0 radical (unpaired) electrons. The third-order valence-electron chi connectivity index (χ3n) is 1.31. The molecule has 0 aliphatic rings. The number of rotatable bonds is 2. The summed E-state index contributed by atoms with van der Waals surface area (Å²) >= 11 is 0. The molecule has 1 aromatic rings. The van der Waals surface area contributed by atoms with Crippen molar-refractivity contribution >= 4 is 5.97 Å². The van der Waals surface area contributed by atoms with Gasteiger partial charge in [0.15, 0.2) is 5.16 Å². The standard InChI is InChI=1S/C6H8N2O3/c1-3(2)4-5(6(9)10)8-11-7-4/h3H,1-2H3,(H,9,10)/p+1. The molecule has 60 valence electrons. The normalized spacial score (nSPS) is 10.5. The van der Waals surface area contributed by atoms with Crippen molar-refractivity contribution in [2.75, 3.05) is 0 Å². The summed E-state index contributed by atoms with van der Waals surface area (Å²) in [7, 11) is 0. The lowest BCUT2D eigenvalue weighted by molar-refractivity contribution is -0.625. The lowest BCUT2D eigenvalue weighted by Gasteiger charge is -1.89. The number of hydrogen-bond donors (Lipinski definition) is 1. The van der Waals surface area contributed by atoms with Gasteiger partial charge in [0.2, 0.25) is 0 Å². The molecular formula is C6H9N2O3+. The van der Waals surface area contributed by atoms with Crippen molar-refractivity contribution in [2.24, 2.45) is 0 Å². The average molecular weight is 157 g/mol. The number of aromatic nitrogens is 2. The number of carboxylic acids is 1. The van der Waals surface area contributed by atoms with Crippen LogP contribution in [0.5, 0.6) is 0 Å². The predicted molar refractivity (Wildman–Crippen MR) is 34.1 cm³/mol. The number of nitrogens with one attached hydrogen (secondary N) is 1. The highest BCUT2D eigenvalue weighted by atomic mass is 16.6. The van der Waals surface area contributed by atoms with Crippen molar-refractivity contribution in [2.45, 2.75) is 19.8 Å². The summed E-state index contributed by atoms with van der Waals surface area (Å²) in [5.41, 5.74) is 0.470. The maximum absolute atomic E-state index is 10.5. The van der Waals surface area contributed by atoms with E-state index in [-0.39, 0.29) is 11.6 Å². The van der Waals surface area contributed by atoms with Gasteiger partial charge in [0.05, 0.1) is 0 Å². The quantitative estimate of drug-likeness (QED) is 0.670. The zero-order valence-electron chi connectivity index (χ0n) is 6.29. The molecule has 0 amide bonds. The molecule has 5 heteroatoms. The zero-order chi connectivity index (χ0) is 8.43. The van der Waals surface area contributed by atoms with Gasteiger partial charge < -0.3 is 5.11 Å². The van der Waals surface area contributed by atoms with E-state index in [4.69, 9.17) is 5.11 Å². The van der Waals surface area contributed by atoms with Crippen LogP contribution in [0.25, 0.3) is 0 Å². The van der Waals surface area contributed by atoms with Crippen molar-refractivity contribution in [3.05, 3.63) is 11.4 Å². The summed E-state index contributed by atoms with van der Waals surface area (Å²) in [4.78, 5) is 10.5. The van der Waals surface area contributed by atoms with Crippen LogP contribution >= 0.6 is 0 Å². The number of carboxylic acid groups (broad SMARTS) is 1. The topological polar surface area (TPSA) is 77.5 Å². The lowest BCUT2D eigenvalue weighted by Crippen LogP contribution is -2.14. The summed E-state index contributed by atoms with van der Waals surface area (Å²) in [6.07, 6.45) is 0. The molecule has 1 heterocycles. The largest absolute Gasteiger partial charge is 0.475 e. The van der Waals surface area contributed by atoms with E-state index < -0.39 is 5.97 Å².